The molecule has 2 aromatic rings. The Labute approximate surface area is 131 Å². The lowest BCUT2D eigenvalue weighted by Gasteiger charge is -2.13. The Morgan fingerprint density at radius 2 is 1.81 bits per heavy atom. The standard InChI is InChI=1S/C14H9F3INO2/c15-14(16,17)9-3-1-2-4-11(9)19-13(21)8-5-6-10(18)12(20)7-8/h1-7,20H,(H,19,21). The lowest BCUT2D eigenvalue weighted by atomic mass is 10.1. The number of carbonyl (C=O) groups excluding carboxylic acids is 1. The van der Waals surface area contributed by atoms with Crippen LogP contribution in [0.15, 0.2) is 42.5 Å². The maximum Gasteiger partial charge on any atom is 0.418 e. The van der Waals surface area contributed by atoms with Gasteiger partial charge in [0.15, 0.2) is 0 Å². The zero-order chi connectivity index (χ0) is 15.6. The van der Waals surface area contributed by atoms with E-state index in [1.165, 1.54) is 36.4 Å². The summed E-state index contributed by atoms with van der Waals surface area (Å²) in [5.74, 6) is -0.828. The molecule has 0 saturated heterocycles. The molecule has 0 atom stereocenters. The average Bonchev–Trinajstić information content (AvgIpc) is 2.41. The van der Waals surface area contributed by atoms with E-state index >= 15 is 0 Å². The molecule has 0 aliphatic carbocycles. The summed E-state index contributed by atoms with van der Waals surface area (Å²) < 4.78 is 39.0. The SMILES string of the molecule is O=C(Nc1ccccc1C(F)(F)F)c1ccc(I)c(O)c1. The van der Waals surface area contributed by atoms with Crippen LogP contribution < -0.4 is 5.32 Å². The van der Waals surface area contributed by atoms with Crippen LogP contribution in [0.2, 0.25) is 0 Å². The van der Waals surface area contributed by atoms with Gasteiger partial charge in [-0.05, 0) is 52.9 Å². The molecule has 110 valence electrons. The molecule has 0 fully saturated rings. The lowest BCUT2D eigenvalue weighted by molar-refractivity contribution is -0.136. The summed E-state index contributed by atoms with van der Waals surface area (Å²) in [6.07, 6.45) is -4.56. The van der Waals surface area contributed by atoms with E-state index in [9.17, 15) is 23.1 Å². The molecule has 21 heavy (non-hydrogen) atoms. The largest absolute Gasteiger partial charge is 0.507 e. The number of para-hydroxylation sites is 1. The van der Waals surface area contributed by atoms with E-state index in [-0.39, 0.29) is 17.0 Å². The Hall–Kier alpha value is -1.77. The summed E-state index contributed by atoms with van der Waals surface area (Å²) >= 11 is 1.87. The van der Waals surface area contributed by atoms with E-state index in [4.69, 9.17) is 0 Å². The van der Waals surface area contributed by atoms with Gasteiger partial charge in [-0.15, -0.1) is 0 Å². The number of phenolic OH excluding ortho intramolecular Hbond substituents is 1. The smallest absolute Gasteiger partial charge is 0.418 e. The van der Waals surface area contributed by atoms with E-state index in [0.29, 0.717) is 3.57 Å². The quantitative estimate of drug-likeness (QED) is 0.731. The van der Waals surface area contributed by atoms with E-state index in [1.54, 1.807) is 0 Å². The average molecular weight is 407 g/mol. The zero-order valence-corrected chi connectivity index (χ0v) is 12.6. The van der Waals surface area contributed by atoms with Crippen molar-refractivity contribution in [3.63, 3.8) is 0 Å². The number of nitrogens with one attached hydrogen (secondary N) is 1. The predicted molar refractivity (Wildman–Crippen MR) is 80.2 cm³/mol. The van der Waals surface area contributed by atoms with Crippen molar-refractivity contribution in [2.24, 2.45) is 0 Å². The Bertz CT molecular complexity index is 686. The van der Waals surface area contributed by atoms with Crippen LogP contribution in [-0.2, 0) is 6.18 Å². The van der Waals surface area contributed by atoms with Crippen molar-refractivity contribution in [1.82, 2.24) is 0 Å². The van der Waals surface area contributed by atoms with Gasteiger partial charge in [0.2, 0.25) is 0 Å². The van der Waals surface area contributed by atoms with Crippen LogP contribution in [-0.4, -0.2) is 11.0 Å². The number of carbonyl (C=O) groups is 1. The molecular weight excluding hydrogens is 398 g/mol. The van der Waals surface area contributed by atoms with Crippen molar-refractivity contribution in [3.05, 3.63) is 57.2 Å². The Morgan fingerprint density at radius 1 is 1.14 bits per heavy atom. The summed E-state index contributed by atoms with van der Waals surface area (Å²) in [6.45, 7) is 0. The van der Waals surface area contributed by atoms with Crippen molar-refractivity contribution in [2.45, 2.75) is 6.18 Å². The number of halogens is 4. The molecule has 0 aliphatic heterocycles. The molecule has 2 N–H and O–H groups in total. The molecule has 0 unspecified atom stereocenters. The number of amides is 1. The minimum Gasteiger partial charge on any atom is -0.507 e. The number of benzene rings is 2. The van der Waals surface area contributed by atoms with E-state index < -0.39 is 17.6 Å². The Balaban J connectivity index is 2.30. The van der Waals surface area contributed by atoms with Crippen LogP contribution >= 0.6 is 22.6 Å². The molecule has 0 heterocycles. The summed E-state index contributed by atoms with van der Waals surface area (Å²) in [4.78, 5) is 12.0. The van der Waals surface area contributed by atoms with Crippen molar-refractivity contribution in [2.75, 3.05) is 5.32 Å². The third kappa shape index (κ3) is 3.66. The monoisotopic (exact) mass is 407 g/mol. The highest BCUT2D eigenvalue weighted by Gasteiger charge is 2.33. The highest BCUT2D eigenvalue weighted by Crippen LogP contribution is 2.34. The number of phenols is 1. The predicted octanol–water partition coefficient (Wildman–Crippen LogP) is 4.27. The van der Waals surface area contributed by atoms with Gasteiger partial charge in [0.1, 0.15) is 5.75 Å². The van der Waals surface area contributed by atoms with Crippen LogP contribution in [0.5, 0.6) is 5.75 Å². The maximum atomic E-state index is 12.8. The molecule has 0 bridgehead atoms. The maximum absolute atomic E-state index is 12.8. The van der Waals surface area contributed by atoms with E-state index in [0.717, 1.165) is 6.07 Å². The number of hydrogen-bond acceptors (Lipinski definition) is 2. The van der Waals surface area contributed by atoms with Gasteiger partial charge in [-0.3, -0.25) is 4.79 Å². The third-order valence-electron chi connectivity index (χ3n) is 2.69. The molecule has 7 heteroatoms. The fourth-order valence-corrected chi connectivity index (χ4v) is 2.02. The van der Waals surface area contributed by atoms with Crippen LogP contribution in [0.3, 0.4) is 0 Å². The minimum atomic E-state index is -4.56. The molecule has 0 aliphatic rings. The van der Waals surface area contributed by atoms with Gasteiger partial charge in [0.05, 0.1) is 14.8 Å². The van der Waals surface area contributed by atoms with Crippen LogP contribution in [0, 0.1) is 3.57 Å². The number of rotatable bonds is 2. The number of alkyl halides is 3. The first-order valence-electron chi connectivity index (χ1n) is 5.75. The van der Waals surface area contributed by atoms with Gasteiger partial charge in [-0.2, -0.15) is 13.2 Å². The Kier molecular flexibility index (Phi) is 4.40. The van der Waals surface area contributed by atoms with Gasteiger partial charge >= 0.3 is 6.18 Å². The van der Waals surface area contributed by atoms with Crippen molar-refractivity contribution < 1.29 is 23.1 Å². The summed E-state index contributed by atoms with van der Waals surface area (Å²) in [5.41, 5.74) is -1.17. The molecule has 0 spiro atoms. The molecular formula is C14H9F3INO2. The van der Waals surface area contributed by atoms with Gasteiger partial charge in [0.25, 0.3) is 5.91 Å². The number of anilines is 1. The molecule has 2 rings (SSSR count). The van der Waals surface area contributed by atoms with Crippen LogP contribution in [0.1, 0.15) is 15.9 Å². The second kappa shape index (κ2) is 5.92. The molecule has 2 aromatic carbocycles. The summed E-state index contributed by atoms with van der Waals surface area (Å²) in [7, 11) is 0. The molecule has 0 aromatic heterocycles. The second-order valence-electron chi connectivity index (χ2n) is 4.16. The summed E-state index contributed by atoms with van der Waals surface area (Å²) in [6, 6.07) is 8.83. The van der Waals surface area contributed by atoms with Crippen molar-refractivity contribution in [1.29, 1.82) is 0 Å². The van der Waals surface area contributed by atoms with Crippen LogP contribution in [0.25, 0.3) is 0 Å². The molecule has 0 saturated carbocycles. The first-order valence-corrected chi connectivity index (χ1v) is 6.83. The normalized spacial score (nSPS) is 11.2. The molecule has 3 nitrogen and oxygen atoms in total. The second-order valence-corrected chi connectivity index (χ2v) is 5.33. The van der Waals surface area contributed by atoms with Gasteiger partial charge in [-0.25, -0.2) is 0 Å². The minimum absolute atomic E-state index is 0.0740. The van der Waals surface area contributed by atoms with Gasteiger partial charge < -0.3 is 10.4 Å². The molecule has 0 radical (unpaired) electrons. The van der Waals surface area contributed by atoms with Gasteiger partial charge in [-0.1, -0.05) is 12.1 Å². The first-order chi connectivity index (χ1) is 9.79. The van der Waals surface area contributed by atoms with E-state index in [1.807, 2.05) is 22.6 Å². The summed E-state index contributed by atoms with van der Waals surface area (Å²) in [5, 5.41) is 11.7. The van der Waals surface area contributed by atoms with Crippen molar-refractivity contribution >= 4 is 34.2 Å². The van der Waals surface area contributed by atoms with Gasteiger partial charge in [0, 0.05) is 5.56 Å². The number of hydrogen-bond donors (Lipinski definition) is 2. The Morgan fingerprint density at radius 3 is 2.43 bits per heavy atom. The van der Waals surface area contributed by atoms with Crippen molar-refractivity contribution in [3.8, 4) is 5.75 Å². The molecule has 1 amide bonds. The number of aromatic hydroxyl groups is 1. The third-order valence-corrected chi connectivity index (χ3v) is 3.60. The highest BCUT2D eigenvalue weighted by atomic mass is 127. The highest BCUT2D eigenvalue weighted by molar-refractivity contribution is 14.1. The fraction of sp³-hybridized carbons (Fsp3) is 0.0714. The zero-order valence-electron chi connectivity index (χ0n) is 10.4. The van der Waals surface area contributed by atoms with E-state index in [2.05, 4.69) is 5.32 Å². The fourth-order valence-electron chi connectivity index (χ4n) is 1.69. The first kappa shape index (κ1) is 15.6. The lowest BCUT2D eigenvalue weighted by Crippen LogP contribution is -2.16. The topological polar surface area (TPSA) is 49.3 Å². The van der Waals surface area contributed by atoms with Crippen LogP contribution in [0.4, 0.5) is 18.9 Å².